The van der Waals surface area contributed by atoms with Crippen LogP contribution in [0.5, 0.6) is 0 Å². The first kappa shape index (κ1) is 29.8. The maximum absolute atomic E-state index is 6.49. The smallest absolute Gasteiger partial charge is 0.160 e. The lowest BCUT2D eigenvalue weighted by atomic mass is 9.99. The van der Waals surface area contributed by atoms with Crippen LogP contribution < -0.4 is 0 Å². The fourth-order valence-electron chi connectivity index (χ4n) is 7.15. The van der Waals surface area contributed by atoms with Gasteiger partial charge in [0.05, 0.1) is 22.4 Å². The van der Waals surface area contributed by atoms with Gasteiger partial charge in [0.2, 0.25) is 0 Å². The van der Waals surface area contributed by atoms with E-state index in [1.54, 1.807) is 0 Å². The minimum Gasteiger partial charge on any atom is -0.456 e. The topological polar surface area (TPSA) is 56.7 Å². The molecule has 0 saturated carbocycles. The number of aromatic nitrogens is 4. The summed E-state index contributed by atoms with van der Waals surface area (Å²) in [6.45, 7) is 0. The molecule has 0 aliphatic rings. The molecule has 7 aromatic carbocycles. The number of furan rings is 1. The van der Waals surface area contributed by atoms with Crippen molar-refractivity contribution in [2.45, 2.75) is 0 Å². The molecule has 0 aliphatic carbocycles. The summed E-state index contributed by atoms with van der Waals surface area (Å²) in [6, 6.07) is 62.5. The third-order valence-electron chi connectivity index (χ3n) is 9.65. The van der Waals surface area contributed by atoms with Crippen LogP contribution in [0.25, 0.3) is 95.1 Å². The van der Waals surface area contributed by atoms with Crippen LogP contribution in [0.1, 0.15) is 0 Å². The maximum atomic E-state index is 6.49. The Bertz CT molecular complexity index is 2880. The number of hydrogen-bond acceptors (Lipinski definition) is 4. The number of hydrogen-bond donors (Lipinski definition) is 0. The first-order valence-corrected chi connectivity index (χ1v) is 17.4. The molecule has 0 unspecified atom stereocenters. The first-order chi connectivity index (χ1) is 25.8. The van der Waals surface area contributed by atoms with Gasteiger partial charge in [0.15, 0.2) is 5.82 Å². The number of imidazole rings is 1. The van der Waals surface area contributed by atoms with E-state index >= 15 is 0 Å². The van der Waals surface area contributed by atoms with E-state index in [0.717, 1.165) is 83.7 Å². The molecule has 5 nitrogen and oxygen atoms in total. The van der Waals surface area contributed by atoms with E-state index in [9.17, 15) is 0 Å². The fourth-order valence-corrected chi connectivity index (χ4v) is 7.15. The van der Waals surface area contributed by atoms with E-state index in [1.807, 2.05) is 48.5 Å². The molecule has 10 rings (SSSR count). The van der Waals surface area contributed by atoms with E-state index < -0.39 is 0 Å². The predicted molar refractivity (Wildman–Crippen MR) is 211 cm³/mol. The van der Waals surface area contributed by atoms with Gasteiger partial charge in [0, 0.05) is 38.7 Å². The van der Waals surface area contributed by atoms with E-state index in [-0.39, 0.29) is 0 Å². The van der Waals surface area contributed by atoms with Gasteiger partial charge in [0.25, 0.3) is 0 Å². The third kappa shape index (κ3) is 5.15. The van der Waals surface area contributed by atoms with Gasteiger partial charge < -0.3 is 4.42 Å². The van der Waals surface area contributed by atoms with Gasteiger partial charge >= 0.3 is 0 Å². The third-order valence-corrected chi connectivity index (χ3v) is 9.65. The summed E-state index contributed by atoms with van der Waals surface area (Å²) in [5.74, 6) is 1.54. The average molecular weight is 667 g/mol. The Kier molecular flexibility index (Phi) is 7.07. The molecule has 0 radical (unpaired) electrons. The molecule has 52 heavy (non-hydrogen) atoms. The average Bonchev–Trinajstić information content (AvgIpc) is 3.80. The molecular weight excluding hydrogens is 637 g/mol. The van der Waals surface area contributed by atoms with Gasteiger partial charge in [-0.1, -0.05) is 127 Å². The van der Waals surface area contributed by atoms with Crippen LogP contribution in [-0.2, 0) is 0 Å². The van der Waals surface area contributed by atoms with E-state index in [2.05, 4.69) is 138 Å². The largest absolute Gasteiger partial charge is 0.456 e. The normalized spacial score (nSPS) is 11.5. The van der Waals surface area contributed by atoms with Gasteiger partial charge in [-0.25, -0.2) is 15.0 Å². The second-order valence-electron chi connectivity index (χ2n) is 12.9. The lowest BCUT2D eigenvalue weighted by Crippen LogP contribution is -1.97. The zero-order valence-corrected chi connectivity index (χ0v) is 28.0. The first-order valence-electron chi connectivity index (χ1n) is 17.4. The van der Waals surface area contributed by atoms with Crippen molar-refractivity contribution in [2.24, 2.45) is 0 Å². The molecule has 10 aromatic rings. The molecule has 0 amide bonds. The van der Waals surface area contributed by atoms with Crippen molar-refractivity contribution in [1.82, 2.24) is 19.5 Å². The van der Waals surface area contributed by atoms with Gasteiger partial charge in [-0.05, 0) is 65.7 Å². The van der Waals surface area contributed by atoms with Crippen molar-refractivity contribution in [1.29, 1.82) is 0 Å². The Labute approximate surface area is 300 Å². The Morgan fingerprint density at radius 1 is 0.423 bits per heavy atom. The van der Waals surface area contributed by atoms with Gasteiger partial charge in [-0.2, -0.15) is 0 Å². The van der Waals surface area contributed by atoms with E-state index in [1.165, 1.54) is 5.56 Å². The summed E-state index contributed by atoms with van der Waals surface area (Å²) in [7, 11) is 0. The molecule has 0 saturated heterocycles. The molecule has 5 heteroatoms. The Hall–Kier alpha value is -7.11. The van der Waals surface area contributed by atoms with E-state index in [0.29, 0.717) is 5.82 Å². The van der Waals surface area contributed by atoms with Crippen molar-refractivity contribution in [2.75, 3.05) is 0 Å². The minimum atomic E-state index is 0.669. The van der Waals surface area contributed by atoms with Crippen LogP contribution in [0, 0.1) is 0 Å². The summed E-state index contributed by atoms with van der Waals surface area (Å²) >= 11 is 0. The van der Waals surface area contributed by atoms with Crippen LogP contribution >= 0.6 is 0 Å². The molecule has 0 N–H and O–H groups in total. The Morgan fingerprint density at radius 3 is 1.85 bits per heavy atom. The van der Waals surface area contributed by atoms with Crippen LogP contribution in [0.3, 0.4) is 0 Å². The monoisotopic (exact) mass is 666 g/mol. The van der Waals surface area contributed by atoms with Crippen molar-refractivity contribution in [3.05, 3.63) is 182 Å². The van der Waals surface area contributed by atoms with Crippen LogP contribution in [0.15, 0.2) is 186 Å². The van der Waals surface area contributed by atoms with Crippen molar-refractivity contribution >= 4 is 33.0 Å². The second kappa shape index (κ2) is 12.3. The molecule has 0 bridgehead atoms. The Morgan fingerprint density at radius 2 is 1.06 bits per heavy atom. The number of para-hydroxylation sites is 3. The quantitative estimate of drug-likeness (QED) is 0.177. The lowest BCUT2D eigenvalue weighted by Gasteiger charge is -2.11. The zero-order valence-electron chi connectivity index (χ0n) is 28.0. The van der Waals surface area contributed by atoms with Crippen LogP contribution in [0.4, 0.5) is 0 Å². The highest BCUT2D eigenvalue weighted by Gasteiger charge is 2.19. The van der Waals surface area contributed by atoms with Crippen molar-refractivity contribution in [3.8, 4) is 62.1 Å². The van der Waals surface area contributed by atoms with Crippen LogP contribution in [0.2, 0.25) is 0 Å². The lowest BCUT2D eigenvalue weighted by molar-refractivity contribution is 0.669. The summed E-state index contributed by atoms with van der Waals surface area (Å²) in [6.07, 6.45) is 0. The van der Waals surface area contributed by atoms with Gasteiger partial charge in [-0.15, -0.1) is 0 Å². The number of fused-ring (bicyclic) bond motifs is 4. The zero-order chi connectivity index (χ0) is 34.4. The van der Waals surface area contributed by atoms with Crippen LogP contribution in [-0.4, -0.2) is 19.5 Å². The second-order valence-corrected chi connectivity index (χ2v) is 12.9. The molecular formula is C47H30N4O. The summed E-state index contributed by atoms with van der Waals surface area (Å²) in [5, 5.41) is 2.01. The van der Waals surface area contributed by atoms with E-state index in [4.69, 9.17) is 19.4 Å². The molecule has 0 aliphatic heterocycles. The molecule has 3 aromatic heterocycles. The highest BCUT2D eigenvalue weighted by atomic mass is 16.3. The maximum Gasteiger partial charge on any atom is 0.160 e. The highest BCUT2D eigenvalue weighted by molar-refractivity contribution is 6.13. The molecule has 0 fully saturated rings. The molecule has 3 heterocycles. The van der Waals surface area contributed by atoms with Gasteiger partial charge in [-0.3, -0.25) is 4.57 Å². The van der Waals surface area contributed by atoms with Gasteiger partial charge in [0.1, 0.15) is 17.0 Å². The predicted octanol–water partition coefficient (Wildman–Crippen LogP) is 12.0. The summed E-state index contributed by atoms with van der Waals surface area (Å²) in [5.41, 5.74) is 12.6. The highest BCUT2D eigenvalue weighted by Crippen LogP contribution is 2.40. The Balaban J connectivity index is 1.16. The minimum absolute atomic E-state index is 0.669. The fraction of sp³-hybridized carbons (Fsp3) is 0. The standard InChI is InChI=1S/C47H30N4O/c1-4-13-31(14-5-1)32-23-25-33(26-24-32)40-30-41(49-46(48-40)34-15-6-2-7-16-34)37-19-12-22-44-45(37)38-29-35(27-28-43(38)52-44)47-50-39-20-10-11-21-42(39)51(47)36-17-8-3-9-18-36/h1-30H. The summed E-state index contributed by atoms with van der Waals surface area (Å²) in [4.78, 5) is 15.4. The number of rotatable bonds is 6. The molecule has 244 valence electrons. The molecule has 0 atom stereocenters. The number of nitrogens with zero attached hydrogens (tertiary/aromatic N) is 4. The summed E-state index contributed by atoms with van der Waals surface area (Å²) < 4.78 is 8.72. The molecule has 0 spiro atoms. The van der Waals surface area contributed by atoms with Crippen molar-refractivity contribution < 1.29 is 4.42 Å². The SMILES string of the molecule is c1ccc(-c2ccc(-c3cc(-c4cccc5oc6ccc(-c7nc8ccccc8n7-c7ccccc7)cc6c45)nc(-c4ccccc4)n3)cc2)cc1. The van der Waals surface area contributed by atoms with Crippen molar-refractivity contribution in [3.63, 3.8) is 0 Å². The number of benzene rings is 7.